The van der Waals surface area contributed by atoms with Crippen molar-refractivity contribution in [3.8, 4) is 0 Å². The van der Waals surface area contributed by atoms with Crippen LogP contribution in [0.15, 0.2) is 24.3 Å². The molecular weight excluding hydrogens is 291 g/mol. The zero-order chi connectivity index (χ0) is 12.8. The highest BCUT2D eigenvalue weighted by atomic mass is 35.5. The molecule has 1 aromatic carbocycles. The number of hydrogen-bond acceptors (Lipinski definition) is 2. The van der Waals surface area contributed by atoms with Crippen LogP contribution in [0.4, 0.5) is 5.69 Å². The highest BCUT2D eigenvalue weighted by Gasteiger charge is 2.11. The van der Waals surface area contributed by atoms with E-state index in [0.717, 1.165) is 12.6 Å². The molecule has 0 aliphatic heterocycles. The Bertz CT molecular complexity index is 344. The number of nitrogens with zero attached hydrogens (tertiary/aromatic N) is 1. The fourth-order valence-corrected chi connectivity index (χ4v) is 2.66. The SMILES string of the molecule is CN(C)c1ccc(CNC2CCCCCC2)cc1.[Cl-].[Cl-]. The van der Waals surface area contributed by atoms with E-state index in [2.05, 4.69) is 48.6 Å². The maximum atomic E-state index is 3.71. The first kappa shape index (κ1) is 19.6. The minimum Gasteiger partial charge on any atom is -1.00 e. The van der Waals surface area contributed by atoms with E-state index in [1.165, 1.54) is 49.8 Å². The quantitative estimate of drug-likeness (QED) is 0.622. The molecular formula is C16H26Cl2N2-2. The second kappa shape index (κ2) is 10.3. The van der Waals surface area contributed by atoms with Crippen LogP contribution in [0.5, 0.6) is 0 Å². The van der Waals surface area contributed by atoms with Gasteiger partial charge in [-0.2, -0.15) is 0 Å². The number of nitrogens with one attached hydrogen (secondary N) is 1. The molecule has 1 aliphatic carbocycles. The van der Waals surface area contributed by atoms with Gasteiger partial charge in [-0.3, -0.25) is 0 Å². The Balaban J connectivity index is 0.00000180. The Kier molecular flexibility index (Phi) is 10.1. The fourth-order valence-electron chi connectivity index (χ4n) is 2.66. The molecule has 1 aromatic rings. The van der Waals surface area contributed by atoms with Crippen molar-refractivity contribution in [2.24, 2.45) is 0 Å². The summed E-state index contributed by atoms with van der Waals surface area (Å²) in [6.45, 7) is 1.01. The predicted octanol–water partition coefficient (Wildman–Crippen LogP) is -2.43. The molecule has 0 radical (unpaired) electrons. The molecule has 0 heterocycles. The van der Waals surface area contributed by atoms with E-state index < -0.39 is 0 Å². The molecule has 2 nitrogen and oxygen atoms in total. The van der Waals surface area contributed by atoms with Crippen LogP contribution in [0.2, 0.25) is 0 Å². The minimum absolute atomic E-state index is 0. The molecule has 116 valence electrons. The van der Waals surface area contributed by atoms with E-state index in [1.54, 1.807) is 0 Å². The van der Waals surface area contributed by atoms with E-state index in [1.807, 2.05) is 0 Å². The summed E-state index contributed by atoms with van der Waals surface area (Å²) in [5, 5.41) is 3.71. The number of hydrogen-bond donors (Lipinski definition) is 1. The van der Waals surface area contributed by atoms with Crippen molar-refractivity contribution < 1.29 is 24.8 Å². The highest BCUT2D eigenvalue weighted by Crippen LogP contribution is 2.18. The standard InChI is InChI=1S/C16H26N2.2ClH/c1-18(2)16-11-9-14(10-12-16)13-17-15-7-5-3-4-6-8-15;;/h9-12,15,17H,3-8,13H2,1-2H3;2*1H/p-2. The van der Waals surface area contributed by atoms with Crippen LogP contribution in [0, 0.1) is 0 Å². The van der Waals surface area contributed by atoms with Crippen molar-refractivity contribution in [3.05, 3.63) is 29.8 Å². The average molecular weight is 317 g/mol. The first-order valence-corrected chi connectivity index (χ1v) is 7.25. The van der Waals surface area contributed by atoms with Gasteiger partial charge in [0.25, 0.3) is 0 Å². The molecule has 0 unspecified atom stereocenters. The first-order chi connectivity index (χ1) is 8.75. The summed E-state index contributed by atoms with van der Waals surface area (Å²) in [6.07, 6.45) is 8.37. The largest absolute Gasteiger partial charge is 1.00 e. The lowest BCUT2D eigenvalue weighted by Gasteiger charge is -2.17. The van der Waals surface area contributed by atoms with Gasteiger partial charge in [-0.25, -0.2) is 0 Å². The third-order valence-corrected chi connectivity index (χ3v) is 3.90. The Morgan fingerprint density at radius 3 is 2.00 bits per heavy atom. The lowest BCUT2D eigenvalue weighted by Crippen LogP contribution is -3.00. The van der Waals surface area contributed by atoms with Gasteiger partial charge in [0, 0.05) is 32.4 Å². The fraction of sp³-hybridized carbons (Fsp3) is 0.625. The van der Waals surface area contributed by atoms with Crippen molar-refractivity contribution in [3.63, 3.8) is 0 Å². The first-order valence-electron chi connectivity index (χ1n) is 7.25. The Labute approximate surface area is 136 Å². The van der Waals surface area contributed by atoms with Gasteiger partial charge in [0.1, 0.15) is 0 Å². The smallest absolute Gasteiger partial charge is 0.0361 e. The van der Waals surface area contributed by atoms with Crippen LogP contribution >= 0.6 is 0 Å². The summed E-state index contributed by atoms with van der Waals surface area (Å²) in [5.74, 6) is 0. The van der Waals surface area contributed by atoms with Crippen LogP contribution in [0.3, 0.4) is 0 Å². The summed E-state index contributed by atoms with van der Waals surface area (Å²) in [5.41, 5.74) is 2.66. The van der Waals surface area contributed by atoms with Gasteiger partial charge in [-0.05, 0) is 30.5 Å². The van der Waals surface area contributed by atoms with Crippen LogP contribution in [-0.2, 0) is 6.54 Å². The number of benzene rings is 1. The van der Waals surface area contributed by atoms with Gasteiger partial charge in [0.2, 0.25) is 0 Å². The second-order valence-electron chi connectivity index (χ2n) is 5.63. The van der Waals surface area contributed by atoms with Gasteiger partial charge < -0.3 is 35.0 Å². The maximum Gasteiger partial charge on any atom is 0.0361 e. The molecule has 1 saturated carbocycles. The van der Waals surface area contributed by atoms with E-state index in [4.69, 9.17) is 0 Å². The van der Waals surface area contributed by atoms with Gasteiger partial charge in [-0.15, -0.1) is 0 Å². The molecule has 1 aliphatic rings. The van der Waals surface area contributed by atoms with Crippen LogP contribution in [-0.4, -0.2) is 20.1 Å². The summed E-state index contributed by atoms with van der Waals surface area (Å²) in [6, 6.07) is 9.60. The lowest BCUT2D eigenvalue weighted by atomic mass is 10.1. The van der Waals surface area contributed by atoms with E-state index in [9.17, 15) is 0 Å². The van der Waals surface area contributed by atoms with E-state index in [-0.39, 0.29) is 24.8 Å². The zero-order valence-corrected chi connectivity index (χ0v) is 14.1. The minimum atomic E-state index is 0. The molecule has 0 aromatic heterocycles. The van der Waals surface area contributed by atoms with Gasteiger partial charge >= 0.3 is 0 Å². The van der Waals surface area contributed by atoms with Crippen molar-refractivity contribution in [1.29, 1.82) is 0 Å². The summed E-state index contributed by atoms with van der Waals surface area (Å²) < 4.78 is 0. The number of anilines is 1. The van der Waals surface area contributed by atoms with Crippen molar-refractivity contribution >= 4 is 5.69 Å². The van der Waals surface area contributed by atoms with Crippen LogP contribution < -0.4 is 35.0 Å². The third-order valence-electron chi connectivity index (χ3n) is 3.90. The molecule has 4 heteroatoms. The Morgan fingerprint density at radius 1 is 0.950 bits per heavy atom. The Morgan fingerprint density at radius 2 is 1.50 bits per heavy atom. The summed E-state index contributed by atoms with van der Waals surface area (Å²) in [4.78, 5) is 2.14. The zero-order valence-electron chi connectivity index (χ0n) is 12.5. The Hall–Kier alpha value is -0.440. The summed E-state index contributed by atoms with van der Waals surface area (Å²) in [7, 11) is 4.16. The molecule has 0 atom stereocenters. The van der Waals surface area contributed by atoms with Crippen molar-refractivity contribution in [2.75, 3.05) is 19.0 Å². The van der Waals surface area contributed by atoms with Crippen LogP contribution in [0.25, 0.3) is 0 Å². The maximum absolute atomic E-state index is 3.71. The molecule has 20 heavy (non-hydrogen) atoms. The normalized spacial score (nSPS) is 15.7. The van der Waals surface area contributed by atoms with Crippen LogP contribution in [0.1, 0.15) is 44.1 Å². The number of rotatable bonds is 4. The molecule has 2 rings (SSSR count). The van der Waals surface area contributed by atoms with E-state index >= 15 is 0 Å². The van der Waals surface area contributed by atoms with Gasteiger partial charge in [0.05, 0.1) is 0 Å². The third kappa shape index (κ3) is 6.34. The molecule has 0 spiro atoms. The van der Waals surface area contributed by atoms with E-state index in [0.29, 0.717) is 0 Å². The van der Waals surface area contributed by atoms with Gasteiger partial charge in [-0.1, -0.05) is 37.8 Å². The summed E-state index contributed by atoms with van der Waals surface area (Å²) >= 11 is 0. The predicted molar refractivity (Wildman–Crippen MR) is 79.1 cm³/mol. The van der Waals surface area contributed by atoms with Gasteiger partial charge in [0.15, 0.2) is 0 Å². The lowest BCUT2D eigenvalue weighted by molar-refractivity contribution is -0.00100. The monoisotopic (exact) mass is 316 g/mol. The molecule has 0 saturated heterocycles. The molecule has 0 amide bonds. The highest BCUT2D eigenvalue weighted by molar-refractivity contribution is 5.45. The average Bonchev–Trinajstić information content (AvgIpc) is 2.65. The topological polar surface area (TPSA) is 15.3 Å². The van der Waals surface area contributed by atoms with Crippen molar-refractivity contribution in [1.82, 2.24) is 5.32 Å². The second-order valence-corrected chi connectivity index (χ2v) is 5.63. The molecule has 1 N–H and O–H groups in total. The number of halogens is 2. The molecule has 0 bridgehead atoms. The van der Waals surface area contributed by atoms with Crippen molar-refractivity contribution in [2.45, 2.75) is 51.1 Å². The molecule has 1 fully saturated rings.